The fraction of sp³-hybridized carbons (Fsp3) is 0.933. The van der Waals surface area contributed by atoms with Gasteiger partial charge in [-0.15, -0.1) is 0 Å². The molecule has 3 atom stereocenters. The summed E-state index contributed by atoms with van der Waals surface area (Å²) in [5, 5.41) is 0. The van der Waals surface area contributed by atoms with E-state index in [-0.39, 0.29) is 12.1 Å². The van der Waals surface area contributed by atoms with E-state index >= 15 is 0 Å². The number of amides is 1. The molecule has 0 aromatic rings. The number of nitrogens with zero attached hydrogens (tertiary/aromatic N) is 1. The van der Waals surface area contributed by atoms with Gasteiger partial charge in [-0.2, -0.15) is 0 Å². The highest BCUT2D eigenvalue weighted by Gasteiger charge is 2.35. The van der Waals surface area contributed by atoms with Crippen molar-refractivity contribution in [3.63, 3.8) is 0 Å². The van der Waals surface area contributed by atoms with Gasteiger partial charge in [-0.25, -0.2) is 4.79 Å². The summed E-state index contributed by atoms with van der Waals surface area (Å²) in [7, 11) is 1.71. The SMILES string of the molecule is COCCC(C)C(NN)C1CCN(C(=O)OC(C)(C)C)C1. The molecule has 0 aromatic carbocycles. The molecule has 3 unspecified atom stereocenters. The summed E-state index contributed by atoms with van der Waals surface area (Å²) in [5.74, 6) is 6.48. The van der Waals surface area contributed by atoms with Crippen LogP contribution in [0.2, 0.25) is 0 Å². The quantitative estimate of drug-likeness (QED) is 0.577. The number of ether oxygens (including phenoxy) is 2. The number of carbonyl (C=O) groups is 1. The van der Waals surface area contributed by atoms with Crippen molar-refractivity contribution < 1.29 is 14.3 Å². The lowest BCUT2D eigenvalue weighted by Crippen LogP contribution is -2.47. The molecular weight excluding hydrogens is 270 g/mol. The summed E-state index contributed by atoms with van der Waals surface area (Å²) in [6.45, 7) is 9.97. The van der Waals surface area contributed by atoms with Gasteiger partial charge in [0.2, 0.25) is 0 Å². The summed E-state index contributed by atoms with van der Waals surface area (Å²) in [6, 6.07) is 0.188. The van der Waals surface area contributed by atoms with Crippen LogP contribution in [0, 0.1) is 11.8 Å². The molecule has 0 aliphatic carbocycles. The molecule has 1 rings (SSSR count). The van der Waals surface area contributed by atoms with Gasteiger partial charge in [0, 0.05) is 32.8 Å². The molecule has 0 bridgehead atoms. The maximum Gasteiger partial charge on any atom is 0.410 e. The van der Waals surface area contributed by atoms with E-state index in [9.17, 15) is 4.79 Å². The van der Waals surface area contributed by atoms with Gasteiger partial charge < -0.3 is 14.4 Å². The smallest absolute Gasteiger partial charge is 0.410 e. The van der Waals surface area contributed by atoms with E-state index in [1.165, 1.54) is 0 Å². The van der Waals surface area contributed by atoms with Crippen molar-refractivity contribution in [3.05, 3.63) is 0 Å². The Bertz CT molecular complexity index is 331. The van der Waals surface area contributed by atoms with E-state index in [2.05, 4.69) is 12.3 Å². The number of nitrogens with one attached hydrogen (secondary N) is 1. The van der Waals surface area contributed by atoms with Crippen LogP contribution in [-0.4, -0.2) is 49.4 Å². The third-order valence-corrected chi connectivity index (χ3v) is 3.97. The summed E-state index contributed by atoms with van der Waals surface area (Å²) < 4.78 is 10.6. The number of methoxy groups -OCH3 is 1. The van der Waals surface area contributed by atoms with Gasteiger partial charge in [0.05, 0.1) is 0 Å². The molecule has 1 fully saturated rings. The zero-order valence-electron chi connectivity index (χ0n) is 14.0. The lowest BCUT2D eigenvalue weighted by molar-refractivity contribution is 0.0282. The maximum absolute atomic E-state index is 12.1. The Kier molecular flexibility index (Phi) is 6.90. The minimum absolute atomic E-state index is 0.188. The summed E-state index contributed by atoms with van der Waals surface area (Å²) >= 11 is 0. The highest BCUT2D eigenvalue weighted by molar-refractivity contribution is 5.68. The van der Waals surface area contributed by atoms with Crippen molar-refractivity contribution in [1.82, 2.24) is 10.3 Å². The van der Waals surface area contributed by atoms with Crippen molar-refractivity contribution in [1.29, 1.82) is 0 Å². The Morgan fingerprint density at radius 3 is 2.67 bits per heavy atom. The molecule has 1 heterocycles. The Morgan fingerprint density at radius 2 is 2.14 bits per heavy atom. The highest BCUT2D eigenvalue weighted by Crippen LogP contribution is 2.26. The maximum atomic E-state index is 12.1. The van der Waals surface area contributed by atoms with Gasteiger partial charge in [0.1, 0.15) is 5.60 Å². The molecule has 124 valence electrons. The van der Waals surface area contributed by atoms with E-state index in [4.69, 9.17) is 15.3 Å². The van der Waals surface area contributed by atoms with Crippen LogP contribution in [0.15, 0.2) is 0 Å². The Morgan fingerprint density at radius 1 is 1.48 bits per heavy atom. The van der Waals surface area contributed by atoms with Crippen LogP contribution < -0.4 is 11.3 Å². The molecule has 6 heteroatoms. The van der Waals surface area contributed by atoms with Crippen LogP contribution in [0.3, 0.4) is 0 Å². The fourth-order valence-corrected chi connectivity index (χ4v) is 2.82. The van der Waals surface area contributed by atoms with Crippen molar-refractivity contribution >= 4 is 6.09 Å². The van der Waals surface area contributed by atoms with Crippen LogP contribution in [-0.2, 0) is 9.47 Å². The number of nitrogens with two attached hydrogens (primary N) is 1. The molecule has 3 N–H and O–H groups in total. The second kappa shape index (κ2) is 7.96. The molecule has 1 aliphatic heterocycles. The van der Waals surface area contributed by atoms with Gasteiger partial charge in [0.25, 0.3) is 0 Å². The van der Waals surface area contributed by atoms with Crippen molar-refractivity contribution in [3.8, 4) is 0 Å². The van der Waals surface area contributed by atoms with Crippen LogP contribution in [0.5, 0.6) is 0 Å². The Labute approximate surface area is 128 Å². The first-order valence-electron chi connectivity index (χ1n) is 7.71. The van der Waals surface area contributed by atoms with E-state index in [0.29, 0.717) is 18.4 Å². The molecule has 21 heavy (non-hydrogen) atoms. The fourth-order valence-electron chi connectivity index (χ4n) is 2.82. The summed E-state index contributed by atoms with van der Waals surface area (Å²) in [6.07, 6.45) is 1.67. The van der Waals surface area contributed by atoms with E-state index in [1.54, 1.807) is 12.0 Å². The minimum atomic E-state index is -0.452. The van der Waals surface area contributed by atoms with Gasteiger partial charge in [0.15, 0.2) is 0 Å². The zero-order chi connectivity index (χ0) is 16.0. The van der Waals surface area contributed by atoms with Crippen molar-refractivity contribution in [2.45, 2.75) is 52.2 Å². The molecule has 0 saturated carbocycles. The van der Waals surface area contributed by atoms with E-state index in [0.717, 1.165) is 26.0 Å². The first-order chi connectivity index (χ1) is 9.78. The second-order valence-corrected chi connectivity index (χ2v) is 6.93. The normalized spacial score (nSPS) is 22.2. The van der Waals surface area contributed by atoms with Crippen LogP contribution in [0.4, 0.5) is 4.79 Å². The number of hydrazine groups is 1. The van der Waals surface area contributed by atoms with Gasteiger partial charge in [-0.3, -0.25) is 11.3 Å². The second-order valence-electron chi connectivity index (χ2n) is 6.93. The predicted octanol–water partition coefficient (Wildman–Crippen LogP) is 1.75. The van der Waals surface area contributed by atoms with Crippen LogP contribution in [0.1, 0.15) is 40.5 Å². The zero-order valence-corrected chi connectivity index (χ0v) is 14.0. The number of carbonyl (C=O) groups excluding carboxylic acids is 1. The molecule has 1 amide bonds. The first-order valence-corrected chi connectivity index (χ1v) is 7.71. The topological polar surface area (TPSA) is 76.8 Å². The van der Waals surface area contributed by atoms with Gasteiger partial charge >= 0.3 is 6.09 Å². The third-order valence-electron chi connectivity index (χ3n) is 3.97. The average Bonchev–Trinajstić information content (AvgIpc) is 2.85. The number of hydrogen-bond acceptors (Lipinski definition) is 5. The van der Waals surface area contributed by atoms with E-state index in [1.807, 2.05) is 20.8 Å². The lowest BCUT2D eigenvalue weighted by atomic mass is 9.87. The summed E-state index contributed by atoms with van der Waals surface area (Å²) in [5.41, 5.74) is 2.47. The van der Waals surface area contributed by atoms with Crippen LogP contribution >= 0.6 is 0 Å². The first kappa shape index (κ1) is 18.2. The summed E-state index contributed by atoms with van der Waals surface area (Å²) in [4.78, 5) is 13.9. The third kappa shape index (κ3) is 5.80. The van der Waals surface area contributed by atoms with Crippen molar-refractivity contribution in [2.24, 2.45) is 17.7 Å². The molecule has 1 saturated heterocycles. The molecule has 0 aromatic heterocycles. The Hall–Kier alpha value is -0.850. The number of likely N-dealkylation sites (tertiary alicyclic amines) is 1. The highest BCUT2D eigenvalue weighted by atomic mass is 16.6. The molecular formula is C15H31N3O3. The molecule has 6 nitrogen and oxygen atoms in total. The average molecular weight is 301 g/mol. The number of hydrogen-bond donors (Lipinski definition) is 2. The molecule has 0 spiro atoms. The van der Waals surface area contributed by atoms with Gasteiger partial charge in [-0.05, 0) is 45.4 Å². The molecule has 1 aliphatic rings. The van der Waals surface area contributed by atoms with Crippen LogP contribution in [0.25, 0.3) is 0 Å². The Balaban J connectivity index is 2.53. The lowest BCUT2D eigenvalue weighted by Gasteiger charge is -2.29. The van der Waals surface area contributed by atoms with Gasteiger partial charge in [-0.1, -0.05) is 6.92 Å². The monoisotopic (exact) mass is 301 g/mol. The van der Waals surface area contributed by atoms with Crippen molar-refractivity contribution in [2.75, 3.05) is 26.8 Å². The number of rotatable bonds is 6. The predicted molar refractivity (Wildman–Crippen MR) is 82.7 cm³/mol. The standard InChI is InChI=1S/C15H31N3O3/c1-11(7-9-20-5)13(17-16)12-6-8-18(10-12)14(19)21-15(2,3)4/h11-13,17H,6-10,16H2,1-5H3. The largest absolute Gasteiger partial charge is 0.444 e. The minimum Gasteiger partial charge on any atom is -0.444 e. The molecule has 0 radical (unpaired) electrons. The van der Waals surface area contributed by atoms with E-state index < -0.39 is 5.60 Å².